The third-order valence-corrected chi connectivity index (χ3v) is 4.31. The summed E-state index contributed by atoms with van der Waals surface area (Å²) in [6.45, 7) is 9.35. The molecule has 0 aromatic carbocycles. The molecule has 118 valence electrons. The van der Waals surface area contributed by atoms with E-state index in [2.05, 4.69) is 50.4 Å². The van der Waals surface area contributed by atoms with Crippen molar-refractivity contribution in [3.8, 4) is 0 Å². The molecule has 0 bridgehead atoms. The first-order valence-electron chi connectivity index (χ1n) is 8.06. The molecule has 4 nitrogen and oxygen atoms in total. The molecule has 0 aliphatic carbocycles. The Labute approximate surface area is 124 Å². The van der Waals surface area contributed by atoms with Gasteiger partial charge < -0.3 is 15.5 Å². The van der Waals surface area contributed by atoms with Gasteiger partial charge in [-0.15, -0.1) is 0 Å². The van der Waals surface area contributed by atoms with E-state index in [-0.39, 0.29) is 17.4 Å². The molecule has 2 unspecified atom stereocenters. The zero-order valence-electron chi connectivity index (χ0n) is 14.0. The second kappa shape index (κ2) is 7.99. The molecule has 1 heterocycles. The Morgan fingerprint density at radius 1 is 1.40 bits per heavy atom. The molecule has 4 heteroatoms. The van der Waals surface area contributed by atoms with E-state index in [1.54, 1.807) is 0 Å². The molecule has 20 heavy (non-hydrogen) atoms. The number of nitrogens with one attached hydrogen (secondary N) is 2. The van der Waals surface area contributed by atoms with Gasteiger partial charge in [-0.1, -0.05) is 20.8 Å². The van der Waals surface area contributed by atoms with Gasteiger partial charge in [0.25, 0.3) is 0 Å². The first-order chi connectivity index (χ1) is 9.39. The van der Waals surface area contributed by atoms with Crippen LogP contribution in [-0.4, -0.2) is 50.6 Å². The van der Waals surface area contributed by atoms with Crippen LogP contribution in [0.15, 0.2) is 0 Å². The number of rotatable bonds is 7. The highest BCUT2D eigenvalue weighted by Gasteiger charge is 2.38. The lowest BCUT2D eigenvalue weighted by Crippen LogP contribution is -2.54. The predicted octanol–water partition coefficient (Wildman–Crippen LogP) is 1.86. The number of piperidine rings is 1. The molecule has 0 radical (unpaired) electrons. The van der Waals surface area contributed by atoms with E-state index in [0.29, 0.717) is 5.92 Å². The molecule has 1 aliphatic heterocycles. The quantitative estimate of drug-likeness (QED) is 0.749. The molecule has 1 amide bonds. The normalized spacial score (nSPS) is 24.9. The van der Waals surface area contributed by atoms with Crippen LogP contribution in [0.4, 0.5) is 0 Å². The molecule has 2 atom stereocenters. The van der Waals surface area contributed by atoms with Crippen LogP contribution in [0.25, 0.3) is 0 Å². The second-order valence-electron chi connectivity index (χ2n) is 6.98. The molecular weight excluding hydrogens is 250 g/mol. The lowest BCUT2D eigenvalue weighted by molar-refractivity contribution is -0.133. The van der Waals surface area contributed by atoms with E-state index in [4.69, 9.17) is 0 Å². The monoisotopic (exact) mass is 283 g/mol. The predicted molar refractivity (Wildman–Crippen MR) is 84.8 cm³/mol. The lowest BCUT2D eigenvalue weighted by Gasteiger charge is -2.37. The number of carbonyl (C=O) groups excluding carboxylic acids is 1. The van der Waals surface area contributed by atoms with Crippen LogP contribution in [0.3, 0.4) is 0 Å². The fourth-order valence-corrected chi connectivity index (χ4v) is 3.15. The Hall–Kier alpha value is -0.610. The molecule has 0 aromatic rings. The van der Waals surface area contributed by atoms with Gasteiger partial charge in [0.1, 0.15) is 0 Å². The fraction of sp³-hybridized carbons (Fsp3) is 0.938. The summed E-state index contributed by atoms with van der Waals surface area (Å²) in [5.74, 6) is 0.849. The molecule has 1 fully saturated rings. The van der Waals surface area contributed by atoms with Gasteiger partial charge in [-0.05, 0) is 52.2 Å². The minimum Gasteiger partial charge on any atom is -0.352 e. The van der Waals surface area contributed by atoms with Gasteiger partial charge in [-0.3, -0.25) is 4.79 Å². The Balaban J connectivity index is 2.67. The average molecular weight is 283 g/mol. The highest BCUT2D eigenvalue weighted by atomic mass is 16.2. The van der Waals surface area contributed by atoms with Gasteiger partial charge in [0.15, 0.2) is 0 Å². The van der Waals surface area contributed by atoms with Crippen LogP contribution < -0.4 is 10.6 Å². The van der Waals surface area contributed by atoms with Crippen LogP contribution >= 0.6 is 0 Å². The second-order valence-corrected chi connectivity index (χ2v) is 6.98. The largest absolute Gasteiger partial charge is 0.352 e. The average Bonchev–Trinajstić information content (AvgIpc) is 2.37. The zero-order valence-corrected chi connectivity index (χ0v) is 14.0. The number of amides is 1. The maximum Gasteiger partial charge on any atom is 0.227 e. The summed E-state index contributed by atoms with van der Waals surface area (Å²) in [4.78, 5) is 14.9. The van der Waals surface area contributed by atoms with Crippen LogP contribution in [-0.2, 0) is 4.79 Å². The SMILES string of the molecule is CCC1(C(=O)NC(CC(C)C)CN(C)C)CCCNC1. The maximum absolute atomic E-state index is 12.8. The van der Waals surface area contributed by atoms with Crippen LogP contribution in [0.5, 0.6) is 0 Å². The van der Waals surface area contributed by atoms with E-state index >= 15 is 0 Å². The summed E-state index contributed by atoms with van der Waals surface area (Å²) in [5.41, 5.74) is -0.195. The minimum atomic E-state index is -0.195. The highest BCUT2D eigenvalue weighted by molar-refractivity contribution is 5.83. The maximum atomic E-state index is 12.8. The number of carbonyl (C=O) groups is 1. The van der Waals surface area contributed by atoms with E-state index in [0.717, 1.165) is 45.3 Å². The first kappa shape index (κ1) is 17.4. The van der Waals surface area contributed by atoms with E-state index in [1.807, 2.05) is 0 Å². The summed E-state index contributed by atoms with van der Waals surface area (Å²) in [7, 11) is 4.13. The van der Waals surface area contributed by atoms with Crippen molar-refractivity contribution in [1.29, 1.82) is 0 Å². The van der Waals surface area contributed by atoms with Crippen LogP contribution in [0.2, 0.25) is 0 Å². The third-order valence-electron chi connectivity index (χ3n) is 4.31. The van der Waals surface area contributed by atoms with Crippen molar-refractivity contribution in [2.75, 3.05) is 33.7 Å². The van der Waals surface area contributed by atoms with Crippen molar-refractivity contribution < 1.29 is 4.79 Å². The van der Waals surface area contributed by atoms with E-state index in [9.17, 15) is 4.79 Å². The van der Waals surface area contributed by atoms with Crippen LogP contribution in [0.1, 0.15) is 46.5 Å². The molecule has 1 rings (SSSR count). The van der Waals surface area contributed by atoms with Crippen LogP contribution in [0, 0.1) is 11.3 Å². The van der Waals surface area contributed by atoms with Gasteiger partial charge in [0.2, 0.25) is 5.91 Å². The van der Waals surface area contributed by atoms with E-state index < -0.39 is 0 Å². The molecule has 0 aromatic heterocycles. The number of likely N-dealkylation sites (N-methyl/N-ethyl adjacent to an activating group) is 1. The van der Waals surface area contributed by atoms with Gasteiger partial charge in [-0.25, -0.2) is 0 Å². The van der Waals surface area contributed by atoms with Crippen molar-refractivity contribution in [2.24, 2.45) is 11.3 Å². The molecule has 0 saturated carbocycles. The minimum absolute atomic E-state index is 0.195. The van der Waals surface area contributed by atoms with Gasteiger partial charge >= 0.3 is 0 Å². The zero-order chi connectivity index (χ0) is 15.2. The molecule has 2 N–H and O–H groups in total. The van der Waals surface area contributed by atoms with Crippen molar-refractivity contribution in [1.82, 2.24) is 15.5 Å². The number of nitrogens with zero attached hydrogens (tertiary/aromatic N) is 1. The number of hydrogen-bond acceptors (Lipinski definition) is 3. The Morgan fingerprint density at radius 2 is 2.10 bits per heavy atom. The van der Waals surface area contributed by atoms with Gasteiger partial charge in [-0.2, -0.15) is 0 Å². The summed E-state index contributed by atoms with van der Waals surface area (Å²) in [6.07, 6.45) is 4.07. The third kappa shape index (κ3) is 5.06. The fourth-order valence-electron chi connectivity index (χ4n) is 3.15. The highest BCUT2D eigenvalue weighted by Crippen LogP contribution is 2.30. The first-order valence-corrected chi connectivity index (χ1v) is 8.06. The van der Waals surface area contributed by atoms with Crippen molar-refractivity contribution in [2.45, 2.75) is 52.5 Å². The van der Waals surface area contributed by atoms with Gasteiger partial charge in [0.05, 0.1) is 5.41 Å². The summed E-state index contributed by atoms with van der Waals surface area (Å²) in [6, 6.07) is 0.253. The molecule has 1 saturated heterocycles. The summed E-state index contributed by atoms with van der Waals surface area (Å²) >= 11 is 0. The summed E-state index contributed by atoms with van der Waals surface area (Å²) < 4.78 is 0. The Bertz CT molecular complexity index is 286. The molecule has 1 aliphatic rings. The lowest BCUT2D eigenvalue weighted by atomic mass is 9.77. The molecular formula is C16H33N3O. The smallest absolute Gasteiger partial charge is 0.227 e. The van der Waals surface area contributed by atoms with Crippen molar-refractivity contribution in [3.63, 3.8) is 0 Å². The van der Waals surface area contributed by atoms with Crippen molar-refractivity contribution in [3.05, 3.63) is 0 Å². The summed E-state index contributed by atoms with van der Waals surface area (Å²) in [5, 5.41) is 6.71. The topological polar surface area (TPSA) is 44.4 Å². The van der Waals surface area contributed by atoms with Crippen molar-refractivity contribution >= 4 is 5.91 Å². The number of hydrogen-bond donors (Lipinski definition) is 2. The Kier molecular flexibility index (Phi) is 6.96. The Morgan fingerprint density at radius 3 is 2.55 bits per heavy atom. The van der Waals surface area contributed by atoms with Gasteiger partial charge in [0, 0.05) is 19.1 Å². The molecule has 0 spiro atoms. The van der Waals surface area contributed by atoms with E-state index in [1.165, 1.54) is 0 Å². The standard InChI is InChI=1S/C16H33N3O/c1-6-16(8-7-9-17-12-16)15(20)18-14(10-13(2)3)11-19(4)5/h13-14,17H,6-12H2,1-5H3,(H,18,20).